The topological polar surface area (TPSA) is 78.1 Å². The van der Waals surface area contributed by atoms with Crippen molar-refractivity contribution in [3.63, 3.8) is 0 Å². The Hall–Kier alpha value is -2.96. The van der Waals surface area contributed by atoms with Crippen LogP contribution < -0.4 is 5.32 Å². The molecular formula is C22H25FN4O2. The normalized spacial score (nSPS) is 19.9. The van der Waals surface area contributed by atoms with E-state index in [9.17, 15) is 14.0 Å². The molecule has 2 N–H and O–H groups in total. The minimum atomic E-state index is -0.484. The van der Waals surface area contributed by atoms with Gasteiger partial charge < -0.3 is 10.2 Å². The molecule has 0 spiro atoms. The van der Waals surface area contributed by atoms with E-state index in [4.69, 9.17) is 0 Å². The van der Waals surface area contributed by atoms with E-state index in [1.165, 1.54) is 12.1 Å². The average molecular weight is 396 g/mol. The van der Waals surface area contributed by atoms with Crippen molar-refractivity contribution in [3.8, 4) is 0 Å². The van der Waals surface area contributed by atoms with Gasteiger partial charge >= 0.3 is 0 Å². The Kier molecular flexibility index (Phi) is 5.74. The molecule has 0 saturated carbocycles. The van der Waals surface area contributed by atoms with Gasteiger partial charge in [0.05, 0.1) is 5.69 Å². The molecule has 152 valence electrons. The highest BCUT2D eigenvalue weighted by molar-refractivity contribution is 6.03. The number of carbonyl (C=O) groups excluding carboxylic acids is 2. The molecule has 0 bridgehead atoms. The van der Waals surface area contributed by atoms with Gasteiger partial charge in [-0.25, -0.2) is 4.39 Å². The van der Waals surface area contributed by atoms with Gasteiger partial charge in [0.15, 0.2) is 5.69 Å². The summed E-state index contributed by atoms with van der Waals surface area (Å²) in [4.78, 5) is 27.0. The standard InChI is InChI=1S/C22H25FN4O2/c23-17-8-4-5-9-18(17)24-21(28)20-14-19(25-26-20)15-10-12-27(13-11-15)22(29)16-6-2-1-3-7-16/h1-2,4-5,8-9,14-16H,3,6-7,10-13H2,(H,24,28)(H,25,26)/t16-/m0/s1. The summed E-state index contributed by atoms with van der Waals surface area (Å²) in [5.74, 6) is -0.315. The highest BCUT2D eigenvalue weighted by Crippen LogP contribution is 2.29. The predicted molar refractivity (Wildman–Crippen MR) is 108 cm³/mol. The molecule has 1 aromatic carbocycles. The second-order valence-corrected chi connectivity index (χ2v) is 7.72. The number of carbonyl (C=O) groups is 2. The van der Waals surface area contributed by atoms with Crippen molar-refractivity contribution >= 4 is 17.5 Å². The monoisotopic (exact) mass is 396 g/mol. The summed E-state index contributed by atoms with van der Waals surface area (Å²) in [5, 5.41) is 9.59. The molecule has 2 aromatic rings. The van der Waals surface area contributed by atoms with E-state index in [1.54, 1.807) is 18.2 Å². The summed E-state index contributed by atoms with van der Waals surface area (Å²) < 4.78 is 13.7. The highest BCUT2D eigenvalue weighted by Gasteiger charge is 2.29. The Bertz CT molecular complexity index is 915. The number of allylic oxidation sites excluding steroid dienone is 2. The first-order chi connectivity index (χ1) is 14.1. The number of nitrogens with zero attached hydrogens (tertiary/aromatic N) is 2. The molecule has 4 rings (SSSR count). The van der Waals surface area contributed by atoms with Crippen LogP contribution in [0.2, 0.25) is 0 Å². The van der Waals surface area contributed by atoms with Crippen LogP contribution >= 0.6 is 0 Å². The lowest BCUT2D eigenvalue weighted by Gasteiger charge is -2.34. The van der Waals surface area contributed by atoms with Crippen molar-refractivity contribution in [1.29, 1.82) is 0 Å². The Balaban J connectivity index is 1.33. The number of H-pyrrole nitrogens is 1. The van der Waals surface area contributed by atoms with Crippen LogP contribution in [0.5, 0.6) is 0 Å². The quantitative estimate of drug-likeness (QED) is 0.771. The Labute approximate surface area is 169 Å². The number of piperidine rings is 1. The van der Waals surface area contributed by atoms with Crippen LogP contribution in [0.3, 0.4) is 0 Å². The summed E-state index contributed by atoms with van der Waals surface area (Å²) in [7, 11) is 0. The number of hydrogen-bond donors (Lipinski definition) is 2. The predicted octanol–water partition coefficient (Wildman–Crippen LogP) is 3.86. The van der Waals surface area contributed by atoms with E-state index in [-0.39, 0.29) is 29.1 Å². The number of para-hydroxylation sites is 1. The van der Waals surface area contributed by atoms with Crippen LogP contribution in [0.4, 0.5) is 10.1 Å². The molecule has 6 nitrogen and oxygen atoms in total. The number of nitrogens with one attached hydrogen (secondary N) is 2. The molecule has 1 saturated heterocycles. The van der Waals surface area contributed by atoms with Gasteiger partial charge in [0, 0.05) is 30.6 Å². The Morgan fingerprint density at radius 1 is 1.14 bits per heavy atom. The Morgan fingerprint density at radius 3 is 2.66 bits per heavy atom. The highest BCUT2D eigenvalue weighted by atomic mass is 19.1. The summed E-state index contributed by atoms with van der Waals surface area (Å²) >= 11 is 0. The van der Waals surface area contributed by atoms with Gasteiger partial charge in [-0.15, -0.1) is 0 Å². The number of hydrogen-bond acceptors (Lipinski definition) is 3. The molecular weight excluding hydrogens is 371 g/mol. The number of amides is 2. The van der Waals surface area contributed by atoms with Gasteiger partial charge in [0.25, 0.3) is 5.91 Å². The van der Waals surface area contributed by atoms with Crippen LogP contribution in [-0.2, 0) is 4.79 Å². The SMILES string of the molecule is O=C(Nc1ccccc1F)c1cc(C2CCN(C(=O)[C@H]3CC=CCC3)CC2)[nH]n1. The lowest BCUT2D eigenvalue weighted by atomic mass is 9.89. The number of rotatable bonds is 4. The third-order valence-electron chi connectivity index (χ3n) is 5.82. The maximum atomic E-state index is 13.7. The molecule has 0 radical (unpaired) electrons. The maximum absolute atomic E-state index is 13.7. The molecule has 7 heteroatoms. The zero-order valence-corrected chi connectivity index (χ0v) is 16.2. The first-order valence-corrected chi connectivity index (χ1v) is 10.2. The second-order valence-electron chi connectivity index (χ2n) is 7.72. The van der Waals surface area contributed by atoms with Gasteiger partial charge in [-0.05, 0) is 50.3 Å². The van der Waals surface area contributed by atoms with Crippen LogP contribution in [0, 0.1) is 11.7 Å². The van der Waals surface area contributed by atoms with E-state index in [1.807, 2.05) is 4.90 Å². The fourth-order valence-corrected chi connectivity index (χ4v) is 4.10. The zero-order valence-electron chi connectivity index (χ0n) is 16.2. The summed E-state index contributed by atoms with van der Waals surface area (Å²) in [6, 6.07) is 7.76. The molecule has 29 heavy (non-hydrogen) atoms. The van der Waals surface area contributed by atoms with Gasteiger partial charge in [-0.1, -0.05) is 24.3 Å². The van der Waals surface area contributed by atoms with Crippen LogP contribution in [0.15, 0.2) is 42.5 Å². The van der Waals surface area contributed by atoms with E-state index in [0.29, 0.717) is 0 Å². The van der Waals surface area contributed by atoms with Crippen LogP contribution in [0.1, 0.15) is 54.2 Å². The van der Waals surface area contributed by atoms with Crippen molar-refractivity contribution in [2.75, 3.05) is 18.4 Å². The van der Waals surface area contributed by atoms with Gasteiger partial charge in [-0.3, -0.25) is 14.7 Å². The molecule has 2 heterocycles. The molecule has 0 unspecified atom stereocenters. The van der Waals surface area contributed by atoms with E-state index < -0.39 is 11.7 Å². The third-order valence-corrected chi connectivity index (χ3v) is 5.82. The third kappa shape index (κ3) is 4.39. The van der Waals surface area contributed by atoms with Crippen molar-refractivity contribution in [2.24, 2.45) is 5.92 Å². The number of aromatic amines is 1. The molecule has 1 aliphatic carbocycles. The second kappa shape index (κ2) is 8.59. The van der Waals surface area contributed by atoms with Crippen molar-refractivity contribution in [1.82, 2.24) is 15.1 Å². The lowest BCUT2D eigenvalue weighted by molar-refractivity contribution is -0.136. The van der Waals surface area contributed by atoms with Crippen LogP contribution in [0.25, 0.3) is 0 Å². The average Bonchev–Trinajstić information content (AvgIpc) is 3.26. The molecule has 1 aromatic heterocycles. The summed E-state index contributed by atoms with van der Waals surface area (Å²) in [6.45, 7) is 1.44. The molecule has 1 fully saturated rings. The zero-order chi connectivity index (χ0) is 20.2. The summed E-state index contributed by atoms with van der Waals surface area (Å²) in [5.41, 5.74) is 1.25. The number of benzene rings is 1. The first kappa shape index (κ1) is 19.4. The van der Waals surface area contributed by atoms with E-state index in [0.717, 1.165) is 50.9 Å². The minimum absolute atomic E-state index is 0.123. The van der Waals surface area contributed by atoms with E-state index >= 15 is 0 Å². The number of likely N-dealkylation sites (tertiary alicyclic amines) is 1. The summed E-state index contributed by atoms with van der Waals surface area (Å²) in [6.07, 6.45) is 8.70. The number of anilines is 1. The van der Waals surface area contributed by atoms with Crippen molar-refractivity contribution in [2.45, 2.75) is 38.0 Å². The lowest BCUT2D eigenvalue weighted by Crippen LogP contribution is -2.41. The van der Waals surface area contributed by atoms with Gasteiger partial charge in [0.2, 0.25) is 5.91 Å². The number of halogens is 1. The largest absolute Gasteiger partial charge is 0.342 e. The van der Waals surface area contributed by atoms with Crippen molar-refractivity contribution in [3.05, 3.63) is 59.7 Å². The van der Waals surface area contributed by atoms with Crippen LogP contribution in [-0.4, -0.2) is 40.0 Å². The molecule has 2 aliphatic rings. The number of aromatic nitrogens is 2. The maximum Gasteiger partial charge on any atom is 0.276 e. The van der Waals surface area contributed by atoms with Crippen molar-refractivity contribution < 1.29 is 14.0 Å². The van der Waals surface area contributed by atoms with E-state index in [2.05, 4.69) is 27.7 Å². The first-order valence-electron chi connectivity index (χ1n) is 10.2. The van der Waals surface area contributed by atoms with Gasteiger partial charge in [0.1, 0.15) is 5.82 Å². The smallest absolute Gasteiger partial charge is 0.276 e. The Morgan fingerprint density at radius 2 is 1.93 bits per heavy atom. The molecule has 2 amide bonds. The minimum Gasteiger partial charge on any atom is -0.342 e. The molecule has 1 atom stereocenters. The van der Waals surface area contributed by atoms with Gasteiger partial charge in [-0.2, -0.15) is 5.10 Å². The fraction of sp³-hybridized carbons (Fsp3) is 0.409. The fourth-order valence-electron chi connectivity index (χ4n) is 4.10. The molecule has 1 aliphatic heterocycles.